The van der Waals surface area contributed by atoms with Crippen LogP contribution in [-0.4, -0.2) is 42.0 Å². The fraction of sp³-hybridized carbons (Fsp3) is 0.429. The molecule has 1 aliphatic heterocycles. The lowest BCUT2D eigenvalue weighted by atomic mass is 10.2. The number of carbonyl (C=O) groups excluding carboxylic acids is 1. The first-order valence-corrected chi connectivity index (χ1v) is 8.87. The zero-order valence-corrected chi connectivity index (χ0v) is 14.0. The highest BCUT2D eigenvalue weighted by Crippen LogP contribution is 2.33. The van der Waals surface area contributed by atoms with Crippen molar-refractivity contribution in [1.29, 1.82) is 0 Å². The number of hydrogen-bond acceptors (Lipinski definition) is 5. The molecule has 1 saturated heterocycles. The minimum atomic E-state index is 0.129. The number of rotatable bonds is 4. The second-order valence-electron chi connectivity index (χ2n) is 5.08. The number of hydrogen-bond donors (Lipinski definition) is 1. The van der Waals surface area contributed by atoms with Gasteiger partial charge in [-0.2, -0.15) is 0 Å². The molecule has 3 heterocycles. The summed E-state index contributed by atoms with van der Waals surface area (Å²) in [6.07, 6.45) is 1.39. The van der Waals surface area contributed by atoms with Gasteiger partial charge in [-0.05, 0) is 25.1 Å². The van der Waals surface area contributed by atoms with Crippen molar-refractivity contribution < 1.29 is 4.79 Å². The Hall–Kier alpha value is -0.950. The van der Waals surface area contributed by atoms with E-state index in [1.807, 2.05) is 29.5 Å². The maximum Gasteiger partial charge on any atom is 0.228 e. The summed E-state index contributed by atoms with van der Waals surface area (Å²) < 4.78 is 0.756. The zero-order chi connectivity index (χ0) is 14.8. The number of nitrogens with zero attached hydrogens (tertiary/aromatic N) is 2. The van der Waals surface area contributed by atoms with Crippen LogP contribution in [0.3, 0.4) is 0 Å². The second-order valence-corrected chi connectivity index (χ2v) is 7.65. The first-order chi connectivity index (χ1) is 10.1. The topological polar surface area (TPSA) is 45.2 Å². The summed E-state index contributed by atoms with van der Waals surface area (Å²) in [6, 6.07) is 4.15. The van der Waals surface area contributed by atoms with Gasteiger partial charge in [-0.25, -0.2) is 4.98 Å². The van der Waals surface area contributed by atoms with Crippen molar-refractivity contribution in [2.45, 2.75) is 18.9 Å². The average Bonchev–Trinajstić information content (AvgIpc) is 3.17. The van der Waals surface area contributed by atoms with Crippen LogP contribution >= 0.6 is 34.3 Å². The van der Waals surface area contributed by atoms with E-state index in [4.69, 9.17) is 11.6 Å². The molecule has 1 fully saturated rings. The first kappa shape index (κ1) is 15.0. The van der Waals surface area contributed by atoms with Crippen LogP contribution in [0, 0.1) is 0 Å². The summed E-state index contributed by atoms with van der Waals surface area (Å²) in [5.74, 6) is 0.129. The summed E-state index contributed by atoms with van der Waals surface area (Å²) in [5.41, 5.74) is 0.835. The van der Waals surface area contributed by atoms with E-state index in [1.54, 1.807) is 11.3 Å². The number of thiophene rings is 1. The van der Waals surface area contributed by atoms with E-state index in [2.05, 4.69) is 10.3 Å². The fourth-order valence-electron chi connectivity index (χ4n) is 2.38. The lowest BCUT2D eigenvalue weighted by Gasteiger charge is -2.23. The maximum absolute atomic E-state index is 12.3. The predicted octanol–water partition coefficient (Wildman–Crippen LogP) is 2.89. The SMILES string of the molecule is CN(C(=O)Cc1csc(-c2ccc(Cl)s2)n1)C1CCNC1. The zero-order valence-electron chi connectivity index (χ0n) is 11.6. The van der Waals surface area contributed by atoms with Gasteiger partial charge >= 0.3 is 0 Å². The monoisotopic (exact) mass is 341 g/mol. The van der Waals surface area contributed by atoms with E-state index in [0.29, 0.717) is 12.5 Å². The van der Waals surface area contributed by atoms with E-state index in [-0.39, 0.29) is 5.91 Å². The quantitative estimate of drug-likeness (QED) is 0.930. The molecule has 0 bridgehead atoms. The Bertz CT molecular complexity index is 634. The van der Waals surface area contributed by atoms with Gasteiger partial charge in [0.2, 0.25) is 5.91 Å². The van der Waals surface area contributed by atoms with Gasteiger partial charge in [-0.3, -0.25) is 4.79 Å². The van der Waals surface area contributed by atoms with Gasteiger partial charge in [0, 0.05) is 25.0 Å². The summed E-state index contributed by atoms with van der Waals surface area (Å²) in [5, 5.41) is 6.17. The van der Waals surface area contributed by atoms with Crippen LogP contribution in [0.2, 0.25) is 4.34 Å². The molecule has 0 aliphatic carbocycles. The Morgan fingerprint density at radius 3 is 3.10 bits per heavy atom. The Morgan fingerprint density at radius 2 is 2.43 bits per heavy atom. The number of thiazole rings is 1. The molecule has 0 radical (unpaired) electrons. The molecular weight excluding hydrogens is 326 g/mol. The van der Waals surface area contributed by atoms with Crippen LogP contribution in [0.1, 0.15) is 12.1 Å². The van der Waals surface area contributed by atoms with Crippen molar-refractivity contribution in [1.82, 2.24) is 15.2 Å². The predicted molar refractivity (Wildman–Crippen MR) is 88.2 cm³/mol. The van der Waals surface area contributed by atoms with Crippen molar-refractivity contribution in [3.05, 3.63) is 27.5 Å². The van der Waals surface area contributed by atoms with Crippen LogP contribution in [0.15, 0.2) is 17.5 Å². The largest absolute Gasteiger partial charge is 0.341 e. The Labute approximate surface area is 136 Å². The number of nitrogens with one attached hydrogen (secondary N) is 1. The van der Waals surface area contributed by atoms with Gasteiger partial charge in [-0.15, -0.1) is 22.7 Å². The lowest BCUT2D eigenvalue weighted by Crippen LogP contribution is -2.39. The van der Waals surface area contributed by atoms with E-state index in [0.717, 1.165) is 39.4 Å². The minimum Gasteiger partial charge on any atom is -0.341 e. The number of halogens is 1. The summed E-state index contributed by atoms with van der Waals surface area (Å²) in [4.78, 5) is 19.7. The number of amides is 1. The third-order valence-electron chi connectivity index (χ3n) is 3.64. The Morgan fingerprint density at radius 1 is 1.57 bits per heavy atom. The van der Waals surface area contributed by atoms with E-state index < -0.39 is 0 Å². The van der Waals surface area contributed by atoms with E-state index >= 15 is 0 Å². The molecule has 112 valence electrons. The summed E-state index contributed by atoms with van der Waals surface area (Å²) in [7, 11) is 1.88. The van der Waals surface area contributed by atoms with Crippen LogP contribution in [0.4, 0.5) is 0 Å². The van der Waals surface area contributed by atoms with Crippen LogP contribution in [0.25, 0.3) is 9.88 Å². The summed E-state index contributed by atoms with van der Waals surface area (Å²) in [6.45, 7) is 1.88. The van der Waals surface area contributed by atoms with Crippen LogP contribution < -0.4 is 5.32 Å². The Balaban J connectivity index is 1.65. The Kier molecular flexibility index (Phi) is 4.59. The van der Waals surface area contributed by atoms with Crippen LogP contribution in [0.5, 0.6) is 0 Å². The van der Waals surface area contributed by atoms with Gasteiger partial charge in [-0.1, -0.05) is 11.6 Å². The molecular formula is C14H16ClN3OS2. The highest BCUT2D eigenvalue weighted by Gasteiger charge is 2.23. The van der Waals surface area contributed by atoms with Crippen molar-refractivity contribution in [3.63, 3.8) is 0 Å². The molecule has 1 N–H and O–H groups in total. The number of likely N-dealkylation sites (N-methyl/N-ethyl adjacent to an activating group) is 1. The molecule has 1 atom stereocenters. The number of carbonyl (C=O) groups is 1. The molecule has 1 amide bonds. The summed E-state index contributed by atoms with van der Waals surface area (Å²) >= 11 is 9.01. The molecule has 7 heteroatoms. The molecule has 4 nitrogen and oxygen atoms in total. The van der Waals surface area contributed by atoms with Crippen molar-refractivity contribution in [2.24, 2.45) is 0 Å². The van der Waals surface area contributed by atoms with E-state index in [1.165, 1.54) is 11.3 Å². The normalized spacial score (nSPS) is 18.1. The molecule has 1 aliphatic rings. The van der Waals surface area contributed by atoms with E-state index in [9.17, 15) is 4.79 Å². The highest BCUT2D eigenvalue weighted by molar-refractivity contribution is 7.23. The fourth-order valence-corrected chi connectivity index (χ4v) is 4.32. The second kappa shape index (κ2) is 6.44. The molecule has 3 rings (SSSR count). The molecule has 0 saturated carbocycles. The molecule has 21 heavy (non-hydrogen) atoms. The lowest BCUT2D eigenvalue weighted by molar-refractivity contribution is -0.130. The molecule has 0 aromatic carbocycles. The van der Waals surface area contributed by atoms with Gasteiger partial charge in [0.15, 0.2) is 0 Å². The first-order valence-electron chi connectivity index (χ1n) is 6.80. The van der Waals surface area contributed by atoms with Crippen molar-refractivity contribution in [2.75, 3.05) is 20.1 Å². The third-order valence-corrected chi connectivity index (χ3v) is 5.93. The molecule has 0 spiro atoms. The standard InChI is InChI=1S/C14H16ClN3OS2/c1-18(10-4-5-16-7-10)13(19)6-9-8-20-14(17-9)11-2-3-12(15)21-11/h2-3,8,10,16H,4-7H2,1H3. The minimum absolute atomic E-state index is 0.129. The molecule has 2 aromatic heterocycles. The van der Waals surface area contributed by atoms with Crippen LogP contribution in [-0.2, 0) is 11.2 Å². The van der Waals surface area contributed by atoms with Crippen molar-refractivity contribution >= 4 is 40.2 Å². The van der Waals surface area contributed by atoms with Gasteiger partial charge in [0.1, 0.15) is 5.01 Å². The molecule has 1 unspecified atom stereocenters. The third kappa shape index (κ3) is 3.45. The van der Waals surface area contributed by atoms with Crippen molar-refractivity contribution in [3.8, 4) is 9.88 Å². The van der Waals surface area contributed by atoms with Gasteiger partial charge in [0.05, 0.1) is 21.3 Å². The number of aromatic nitrogens is 1. The highest BCUT2D eigenvalue weighted by atomic mass is 35.5. The van der Waals surface area contributed by atoms with Gasteiger partial charge in [0.25, 0.3) is 0 Å². The average molecular weight is 342 g/mol. The molecule has 2 aromatic rings. The maximum atomic E-state index is 12.3. The van der Waals surface area contributed by atoms with Gasteiger partial charge < -0.3 is 10.2 Å². The smallest absolute Gasteiger partial charge is 0.228 e.